The number of carbonyl (C=O) groups excluding carboxylic acids is 1. The molecule has 2 unspecified atom stereocenters. The van der Waals surface area contributed by atoms with Gasteiger partial charge in [0, 0.05) is 32.3 Å². The lowest BCUT2D eigenvalue weighted by atomic mass is 9.91. The van der Waals surface area contributed by atoms with Crippen molar-refractivity contribution in [3.05, 3.63) is 0 Å². The van der Waals surface area contributed by atoms with Gasteiger partial charge in [-0.1, -0.05) is 12.8 Å². The number of rotatable bonds is 3. The molecule has 1 saturated carbocycles. The fourth-order valence-corrected chi connectivity index (χ4v) is 3.45. The Morgan fingerprint density at radius 1 is 1.19 bits per heavy atom. The van der Waals surface area contributed by atoms with Crippen LogP contribution in [0, 0.1) is 0 Å². The van der Waals surface area contributed by atoms with Crippen LogP contribution < -0.4 is 5.32 Å². The summed E-state index contributed by atoms with van der Waals surface area (Å²) in [6.07, 6.45) is 5.94. The van der Waals surface area contributed by atoms with Crippen LogP contribution in [0.25, 0.3) is 0 Å². The summed E-state index contributed by atoms with van der Waals surface area (Å²) in [7, 11) is 1.81. The van der Waals surface area contributed by atoms with Gasteiger partial charge in [-0.25, -0.2) is 4.79 Å². The van der Waals surface area contributed by atoms with Crippen LogP contribution in [0.1, 0.15) is 52.9 Å². The molecule has 5 nitrogen and oxygen atoms in total. The lowest BCUT2D eigenvalue weighted by molar-refractivity contribution is -0.00364. The second-order valence-corrected chi connectivity index (χ2v) is 7.25. The average Bonchev–Trinajstić information content (AvgIpc) is 2.84. The molecule has 1 N–H and O–H groups in total. The van der Waals surface area contributed by atoms with E-state index in [0.717, 1.165) is 25.9 Å². The molecule has 122 valence electrons. The fraction of sp³-hybridized carbons (Fsp3) is 0.938. The predicted octanol–water partition coefficient (Wildman–Crippen LogP) is 2.54. The van der Waals surface area contributed by atoms with Gasteiger partial charge in [-0.15, -0.1) is 0 Å². The van der Waals surface area contributed by atoms with E-state index in [4.69, 9.17) is 9.47 Å². The maximum absolute atomic E-state index is 11.8. The average molecular weight is 298 g/mol. The zero-order valence-corrected chi connectivity index (χ0v) is 13.9. The van der Waals surface area contributed by atoms with Crippen molar-refractivity contribution in [1.29, 1.82) is 0 Å². The van der Waals surface area contributed by atoms with Gasteiger partial charge in [0.1, 0.15) is 5.60 Å². The second-order valence-electron chi connectivity index (χ2n) is 7.25. The molecule has 1 heterocycles. The Hall–Kier alpha value is -0.810. The quantitative estimate of drug-likeness (QED) is 0.870. The minimum absolute atomic E-state index is 0.194. The Labute approximate surface area is 128 Å². The molecule has 2 fully saturated rings. The normalized spacial score (nSPS) is 31.1. The number of carbonyl (C=O) groups is 1. The third-order valence-corrected chi connectivity index (χ3v) is 4.38. The molecule has 0 aromatic carbocycles. The SMILES string of the molecule is COC1CCCCC1N1CC[C@@H](NC(=O)OC(C)(C)C)C1. The summed E-state index contributed by atoms with van der Waals surface area (Å²) in [5.74, 6) is 0. The van der Waals surface area contributed by atoms with Crippen molar-refractivity contribution < 1.29 is 14.3 Å². The van der Waals surface area contributed by atoms with Crippen LogP contribution in [-0.4, -0.2) is 55.0 Å². The van der Waals surface area contributed by atoms with Gasteiger partial charge in [0.05, 0.1) is 6.10 Å². The van der Waals surface area contributed by atoms with Crippen LogP contribution in [-0.2, 0) is 9.47 Å². The number of hydrogen-bond acceptors (Lipinski definition) is 4. The highest BCUT2D eigenvalue weighted by Crippen LogP contribution is 2.28. The number of likely N-dealkylation sites (tertiary alicyclic amines) is 1. The van der Waals surface area contributed by atoms with E-state index >= 15 is 0 Å². The molecular weight excluding hydrogens is 268 g/mol. The van der Waals surface area contributed by atoms with Gasteiger partial charge in [-0.05, 0) is 40.0 Å². The number of methoxy groups -OCH3 is 1. The molecule has 0 aromatic rings. The van der Waals surface area contributed by atoms with Gasteiger partial charge in [0.25, 0.3) is 0 Å². The van der Waals surface area contributed by atoms with Gasteiger partial charge >= 0.3 is 6.09 Å². The van der Waals surface area contributed by atoms with Gasteiger partial charge in [-0.2, -0.15) is 0 Å². The second kappa shape index (κ2) is 6.97. The van der Waals surface area contributed by atoms with E-state index in [1.54, 1.807) is 0 Å². The molecule has 5 heteroatoms. The van der Waals surface area contributed by atoms with E-state index in [-0.39, 0.29) is 12.1 Å². The molecular formula is C16H30N2O3. The van der Waals surface area contributed by atoms with Crippen LogP contribution in [0.4, 0.5) is 4.79 Å². The summed E-state index contributed by atoms with van der Waals surface area (Å²) in [6, 6.07) is 0.702. The van der Waals surface area contributed by atoms with Crippen molar-refractivity contribution in [3.63, 3.8) is 0 Å². The molecule has 0 bridgehead atoms. The van der Waals surface area contributed by atoms with Crippen LogP contribution in [0.3, 0.4) is 0 Å². The Balaban J connectivity index is 1.81. The van der Waals surface area contributed by atoms with Crippen molar-refractivity contribution in [3.8, 4) is 0 Å². The van der Waals surface area contributed by atoms with Gasteiger partial charge in [0.2, 0.25) is 0 Å². The summed E-state index contributed by atoms with van der Waals surface area (Å²) < 4.78 is 11.0. The van der Waals surface area contributed by atoms with Crippen LogP contribution >= 0.6 is 0 Å². The first kappa shape index (κ1) is 16.6. The first-order valence-corrected chi connectivity index (χ1v) is 8.15. The van der Waals surface area contributed by atoms with Crippen LogP contribution in [0.2, 0.25) is 0 Å². The Bertz CT molecular complexity index is 354. The topological polar surface area (TPSA) is 50.8 Å². The van der Waals surface area contributed by atoms with Crippen molar-refractivity contribution in [2.24, 2.45) is 0 Å². The molecule has 0 aromatic heterocycles. The molecule has 2 rings (SSSR count). The molecule has 21 heavy (non-hydrogen) atoms. The molecule has 1 saturated heterocycles. The summed E-state index contributed by atoms with van der Waals surface area (Å²) in [5.41, 5.74) is -0.438. The Morgan fingerprint density at radius 2 is 1.90 bits per heavy atom. The number of alkyl carbamates (subject to hydrolysis) is 1. The minimum Gasteiger partial charge on any atom is -0.444 e. The molecule has 0 spiro atoms. The minimum atomic E-state index is -0.438. The zero-order chi connectivity index (χ0) is 15.5. The van der Waals surface area contributed by atoms with E-state index in [2.05, 4.69) is 10.2 Å². The summed E-state index contributed by atoms with van der Waals surface area (Å²) in [4.78, 5) is 14.3. The van der Waals surface area contributed by atoms with E-state index in [0.29, 0.717) is 12.1 Å². The number of nitrogens with zero attached hydrogens (tertiary/aromatic N) is 1. The molecule has 1 amide bonds. The summed E-state index contributed by atoms with van der Waals surface area (Å²) in [6.45, 7) is 7.60. The zero-order valence-electron chi connectivity index (χ0n) is 13.9. The Morgan fingerprint density at radius 3 is 2.57 bits per heavy atom. The van der Waals surface area contributed by atoms with Gasteiger partial charge in [0.15, 0.2) is 0 Å². The third-order valence-electron chi connectivity index (χ3n) is 4.38. The highest BCUT2D eigenvalue weighted by molar-refractivity contribution is 5.68. The standard InChI is InChI=1S/C16H30N2O3/c1-16(2,3)21-15(19)17-12-9-10-18(11-12)13-7-5-6-8-14(13)20-4/h12-14H,5-11H2,1-4H3,(H,17,19)/t12-,13?,14?/m1/s1. The van der Waals surface area contributed by atoms with Crippen molar-refractivity contribution in [1.82, 2.24) is 10.2 Å². The maximum Gasteiger partial charge on any atom is 0.407 e. The van der Waals surface area contributed by atoms with Crippen molar-refractivity contribution in [2.45, 2.75) is 76.7 Å². The smallest absolute Gasteiger partial charge is 0.407 e. The number of amides is 1. The van der Waals surface area contributed by atoms with E-state index in [9.17, 15) is 4.79 Å². The van der Waals surface area contributed by atoms with E-state index in [1.165, 1.54) is 19.3 Å². The predicted molar refractivity (Wildman–Crippen MR) is 82.4 cm³/mol. The molecule has 2 aliphatic rings. The van der Waals surface area contributed by atoms with E-state index < -0.39 is 5.60 Å². The van der Waals surface area contributed by atoms with Crippen LogP contribution in [0.15, 0.2) is 0 Å². The molecule has 1 aliphatic heterocycles. The lowest BCUT2D eigenvalue weighted by Gasteiger charge is -2.37. The number of hydrogen-bond donors (Lipinski definition) is 1. The summed E-state index contributed by atoms with van der Waals surface area (Å²) >= 11 is 0. The first-order valence-electron chi connectivity index (χ1n) is 8.15. The Kier molecular flexibility index (Phi) is 5.49. The van der Waals surface area contributed by atoms with Crippen molar-refractivity contribution >= 4 is 6.09 Å². The van der Waals surface area contributed by atoms with Gasteiger partial charge < -0.3 is 14.8 Å². The highest BCUT2D eigenvalue weighted by atomic mass is 16.6. The summed E-state index contributed by atoms with van der Waals surface area (Å²) in [5, 5.41) is 2.99. The number of ether oxygens (including phenoxy) is 2. The monoisotopic (exact) mass is 298 g/mol. The largest absolute Gasteiger partial charge is 0.444 e. The molecule has 1 aliphatic carbocycles. The highest BCUT2D eigenvalue weighted by Gasteiger charge is 2.35. The maximum atomic E-state index is 11.8. The van der Waals surface area contributed by atoms with E-state index in [1.807, 2.05) is 27.9 Å². The van der Waals surface area contributed by atoms with Gasteiger partial charge in [-0.3, -0.25) is 4.90 Å². The van der Waals surface area contributed by atoms with Crippen molar-refractivity contribution in [2.75, 3.05) is 20.2 Å². The van der Waals surface area contributed by atoms with Crippen LogP contribution in [0.5, 0.6) is 0 Å². The molecule has 0 radical (unpaired) electrons. The first-order chi connectivity index (χ1) is 9.89. The lowest BCUT2D eigenvalue weighted by Crippen LogP contribution is -2.47. The third kappa shape index (κ3) is 4.85. The number of nitrogens with one attached hydrogen (secondary N) is 1. The fourth-order valence-electron chi connectivity index (χ4n) is 3.45. The molecule has 3 atom stereocenters.